The molecule has 1 heterocycles. The van der Waals surface area contributed by atoms with Gasteiger partial charge < -0.3 is 10.6 Å². The largest absolute Gasteiger partial charge is 0.364 e. The number of aliphatic imine (C=N–C) groups is 1. The third kappa shape index (κ3) is 3.08. The summed E-state index contributed by atoms with van der Waals surface area (Å²) in [6.07, 6.45) is 0. The Morgan fingerprint density at radius 3 is 2.47 bits per heavy atom. The van der Waals surface area contributed by atoms with Crippen molar-refractivity contribution in [3.8, 4) is 0 Å². The van der Waals surface area contributed by atoms with Gasteiger partial charge in [0.1, 0.15) is 0 Å². The monoisotopic (exact) mass is 423 g/mol. The fourth-order valence-corrected chi connectivity index (χ4v) is 3.84. The van der Waals surface area contributed by atoms with Crippen molar-refractivity contribution in [2.75, 3.05) is 18.4 Å². The molecule has 7 heteroatoms. The highest BCUT2D eigenvalue weighted by atomic mass is 79.9. The van der Waals surface area contributed by atoms with E-state index < -0.39 is 0 Å². The minimum Gasteiger partial charge on any atom is -0.364 e. The zero-order valence-corrected chi connectivity index (χ0v) is 13.3. The summed E-state index contributed by atoms with van der Waals surface area (Å²) in [6, 6.07) is 3.73. The molecule has 0 radical (unpaired) electrons. The van der Waals surface area contributed by atoms with Gasteiger partial charge in [-0.15, -0.1) is 0 Å². The van der Waals surface area contributed by atoms with Gasteiger partial charge in [0.2, 0.25) is 0 Å². The number of nitrogens with one attached hydrogen (secondary N) is 2. The van der Waals surface area contributed by atoms with E-state index in [1.807, 2.05) is 12.1 Å². The van der Waals surface area contributed by atoms with E-state index >= 15 is 0 Å². The predicted octanol–water partition coefficient (Wildman–Crippen LogP) is 2.91. The van der Waals surface area contributed by atoms with E-state index in [-0.39, 0.29) is 5.91 Å². The summed E-state index contributed by atoms with van der Waals surface area (Å²) < 4.78 is 2.52. The van der Waals surface area contributed by atoms with Crippen LogP contribution in [0.3, 0.4) is 0 Å². The summed E-state index contributed by atoms with van der Waals surface area (Å²) in [6.45, 7) is 1.36. The Morgan fingerprint density at radius 1 is 1.29 bits per heavy atom. The summed E-state index contributed by atoms with van der Waals surface area (Å²) in [7, 11) is 0. The lowest BCUT2D eigenvalue weighted by Crippen LogP contribution is -2.32. The summed E-state index contributed by atoms with van der Waals surface area (Å²) >= 11 is 10.2. The van der Waals surface area contributed by atoms with Crippen molar-refractivity contribution in [3.05, 3.63) is 25.6 Å². The standard InChI is InChI=1S/C10H8Br3N3O/c11-5-3-6(12)8(7(13)4-5)16-10(17)9-14-1-2-15-9/h3-4H,1-2H2,(H,14,15)(H,16,17). The molecule has 0 unspecified atom stereocenters. The van der Waals surface area contributed by atoms with Gasteiger partial charge in [-0.2, -0.15) is 0 Å². The molecule has 1 aliphatic heterocycles. The molecule has 0 saturated heterocycles. The van der Waals surface area contributed by atoms with Crippen LogP contribution in [-0.2, 0) is 4.79 Å². The number of amides is 1. The van der Waals surface area contributed by atoms with Crippen LogP contribution in [0.5, 0.6) is 0 Å². The number of amidine groups is 1. The van der Waals surface area contributed by atoms with Crippen LogP contribution in [-0.4, -0.2) is 24.8 Å². The smallest absolute Gasteiger partial charge is 0.290 e. The molecule has 0 saturated carbocycles. The molecule has 0 aliphatic carbocycles. The maximum absolute atomic E-state index is 11.8. The Balaban J connectivity index is 2.21. The van der Waals surface area contributed by atoms with Gasteiger partial charge in [0.25, 0.3) is 5.91 Å². The Hall–Kier alpha value is -0.400. The van der Waals surface area contributed by atoms with Gasteiger partial charge in [-0.1, -0.05) is 15.9 Å². The Kier molecular flexibility index (Phi) is 4.22. The number of nitrogens with zero attached hydrogens (tertiary/aromatic N) is 1. The topological polar surface area (TPSA) is 53.5 Å². The average Bonchev–Trinajstić information content (AvgIpc) is 2.76. The molecular formula is C10H8Br3N3O. The maximum Gasteiger partial charge on any atom is 0.290 e. The van der Waals surface area contributed by atoms with Gasteiger partial charge in [-0.3, -0.25) is 9.79 Å². The first-order valence-electron chi connectivity index (χ1n) is 4.82. The molecule has 1 aromatic carbocycles. The van der Waals surface area contributed by atoms with Gasteiger partial charge in [-0.25, -0.2) is 0 Å². The molecule has 0 spiro atoms. The lowest BCUT2D eigenvalue weighted by Gasteiger charge is -2.10. The number of benzene rings is 1. The second kappa shape index (κ2) is 5.49. The molecule has 90 valence electrons. The zero-order valence-electron chi connectivity index (χ0n) is 8.56. The van der Waals surface area contributed by atoms with E-state index in [0.717, 1.165) is 13.4 Å². The SMILES string of the molecule is O=C(Nc1c(Br)cc(Br)cc1Br)C1=NCCN1. The number of halogens is 3. The molecule has 0 aromatic heterocycles. The lowest BCUT2D eigenvalue weighted by molar-refractivity contribution is -0.110. The molecule has 17 heavy (non-hydrogen) atoms. The second-order valence-corrected chi connectivity index (χ2v) is 5.98. The van der Waals surface area contributed by atoms with E-state index in [0.29, 0.717) is 24.6 Å². The lowest BCUT2D eigenvalue weighted by atomic mass is 10.3. The molecule has 0 bridgehead atoms. The highest BCUT2D eigenvalue weighted by Crippen LogP contribution is 2.34. The fraction of sp³-hybridized carbons (Fsp3) is 0.200. The van der Waals surface area contributed by atoms with Crippen LogP contribution in [0.1, 0.15) is 0 Å². The van der Waals surface area contributed by atoms with Crippen LogP contribution in [0, 0.1) is 0 Å². The third-order valence-electron chi connectivity index (χ3n) is 2.13. The molecule has 2 rings (SSSR count). The zero-order chi connectivity index (χ0) is 12.4. The molecule has 0 atom stereocenters. The minimum atomic E-state index is -0.230. The van der Waals surface area contributed by atoms with Crippen molar-refractivity contribution in [1.29, 1.82) is 0 Å². The molecule has 1 aliphatic rings. The number of carbonyl (C=O) groups excluding carboxylic acids is 1. The number of anilines is 1. The van der Waals surface area contributed by atoms with Gasteiger partial charge >= 0.3 is 0 Å². The first-order chi connectivity index (χ1) is 8.08. The van der Waals surface area contributed by atoms with E-state index in [2.05, 4.69) is 63.4 Å². The van der Waals surface area contributed by atoms with Gasteiger partial charge in [-0.05, 0) is 44.0 Å². The molecular weight excluding hydrogens is 418 g/mol. The van der Waals surface area contributed by atoms with E-state index in [1.165, 1.54) is 0 Å². The van der Waals surface area contributed by atoms with Crippen LogP contribution < -0.4 is 10.6 Å². The Morgan fingerprint density at radius 2 is 1.94 bits per heavy atom. The normalized spacial score (nSPS) is 14.2. The first kappa shape index (κ1) is 13.0. The predicted molar refractivity (Wildman–Crippen MR) is 78.5 cm³/mol. The molecule has 2 N–H and O–H groups in total. The van der Waals surface area contributed by atoms with E-state index in [4.69, 9.17) is 0 Å². The van der Waals surface area contributed by atoms with Crippen molar-refractivity contribution >= 4 is 65.2 Å². The fourth-order valence-electron chi connectivity index (χ4n) is 1.38. The summed E-state index contributed by atoms with van der Waals surface area (Å²) in [5.41, 5.74) is 0.689. The quantitative estimate of drug-likeness (QED) is 0.765. The van der Waals surface area contributed by atoms with Gasteiger partial charge in [0, 0.05) is 20.0 Å². The van der Waals surface area contributed by atoms with Crippen LogP contribution in [0.15, 0.2) is 30.5 Å². The number of carbonyl (C=O) groups is 1. The van der Waals surface area contributed by atoms with Crippen molar-refractivity contribution in [3.63, 3.8) is 0 Å². The summed E-state index contributed by atoms with van der Waals surface area (Å²) in [5, 5.41) is 5.73. The van der Waals surface area contributed by atoms with Crippen molar-refractivity contribution in [1.82, 2.24) is 5.32 Å². The summed E-state index contributed by atoms with van der Waals surface area (Å²) in [4.78, 5) is 15.9. The number of rotatable bonds is 2. The van der Waals surface area contributed by atoms with Crippen molar-refractivity contribution in [2.24, 2.45) is 4.99 Å². The van der Waals surface area contributed by atoms with E-state index in [9.17, 15) is 4.79 Å². The highest BCUT2D eigenvalue weighted by molar-refractivity contribution is 9.11. The molecule has 1 aromatic rings. The van der Waals surface area contributed by atoms with Crippen molar-refractivity contribution < 1.29 is 4.79 Å². The van der Waals surface area contributed by atoms with Crippen molar-refractivity contribution in [2.45, 2.75) is 0 Å². The highest BCUT2D eigenvalue weighted by Gasteiger charge is 2.17. The molecule has 1 amide bonds. The maximum atomic E-state index is 11.8. The van der Waals surface area contributed by atoms with Crippen LogP contribution in [0.4, 0.5) is 5.69 Å². The van der Waals surface area contributed by atoms with Crippen LogP contribution in [0.2, 0.25) is 0 Å². The van der Waals surface area contributed by atoms with Crippen LogP contribution >= 0.6 is 47.8 Å². The number of hydrogen-bond acceptors (Lipinski definition) is 3. The third-order valence-corrected chi connectivity index (χ3v) is 3.84. The molecule has 0 fully saturated rings. The van der Waals surface area contributed by atoms with Gasteiger partial charge in [0.05, 0.1) is 12.2 Å². The minimum absolute atomic E-state index is 0.230. The second-order valence-electron chi connectivity index (χ2n) is 3.36. The molecule has 4 nitrogen and oxygen atoms in total. The first-order valence-corrected chi connectivity index (χ1v) is 7.20. The van der Waals surface area contributed by atoms with Crippen LogP contribution in [0.25, 0.3) is 0 Å². The Labute approximate surface area is 124 Å². The number of hydrogen-bond donors (Lipinski definition) is 2. The van der Waals surface area contributed by atoms with E-state index in [1.54, 1.807) is 0 Å². The average molecular weight is 426 g/mol. The van der Waals surface area contributed by atoms with Gasteiger partial charge in [0.15, 0.2) is 5.84 Å². The summed E-state index contributed by atoms with van der Waals surface area (Å²) in [5.74, 6) is 0.151. The Bertz CT molecular complexity index is 479.